The summed E-state index contributed by atoms with van der Waals surface area (Å²) in [5.41, 5.74) is 2.09. The Morgan fingerprint density at radius 3 is 2.32 bits per heavy atom. The fourth-order valence-electron chi connectivity index (χ4n) is 6.69. The Hall–Kier alpha value is -4.07. The highest BCUT2D eigenvalue weighted by molar-refractivity contribution is 6.23. The van der Waals surface area contributed by atoms with Gasteiger partial charge < -0.3 is 4.84 Å². The molecule has 8 nitrogen and oxygen atoms in total. The number of hydrogen-bond acceptors (Lipinski definition) is 6. The zero-order valence-corrected chi connectivity index (χ0v) is 17.9. The van der Waals surface area contributed by atoms with Gasteiger partial charge in [-0.25, -0.2) is 0 Å². The number of hydrogen-bond donors (Lipinski definition) is 0. The van der Waals surface area contributed by atoms with Gasteiger partial charge >= 0.3 is 0 Å². The van der Waals surface area contributed by atoms with Crippen molar-refractivity contribution in [3.8, 4) is 0 Å². The van der Waals surface area contributed by atoms with E-state index in [0.29, 0.717) is 5.69 Å². The predicted molar refractivity (Wildman–Crippen MR) is 123 cm³/mol. The Balaban J connectivity index is 1.22. The molecule has 7 rings (SSSR count). The molecule has 6 atom stereocenters. The highest BCUT2D eigenvalue weighted by atomic mass is 16.6. The molecule has 0 N–H and O–H groups in total. The number of benzene rings is 3. The van der Waals surface area contributed by atoms with Crippen LogP contribution in [0.3, 0.4) is 0 Å². The molecule has 2 saturated carbocycles. The van der Waals surface area contributed by atoms with Gasteiger partial charge in [0, 0.05) is 29.5 Å². The fourth-order valence-corrected chi connectivity index (χ4v) is 6.69. The van der Waals surface area contributed by atoms with Crippen LogP contribution < -0.4 is 4.90 Å². The maximum Gasteiger partial charge on any atom is 0.269 e. The van der Waals surface area contributed by atoms with Gasteiger partial charge in [-0.15, -0.1) is 0 Å². The Kier molecular flexibility index (Phi) is 3.84. The average Bonchev–Trinajstić information content (AvgIpc) is 3.59. The van der Waals surface area contributed by atoms with Crippen LogP contribution in [-0.4, -0.2) is 28.6 Å². The number of oxime groups is 1. The molecule has 2 aliphatic heterocycles. The van der Waals surface area contributed by atoms with E-state index in [1.807, 2.05) is 42.5 Å². The van der Waals surface area contributed by atoms with Crippen LogP contribution in [0.25, 0.3) is 10.8 Å². The van der Waals surface area contributed by atoms with Gasteiger partial charge in [0.1, 0.15) is 6.10 Å². The lowest BCUT2D eigenvalue weighted by Gasteiger charge is -2.29. The molecule has 168 valence electrons. The molecule has 0 aromatic heterocycles. The quantitative estimate of drug-likeness (QED) is 0.340. The Morgan fingerprint density at radius 1 is 0.882 bits per heavy atom. The second-order valence-corrected chi connectivity index (χ2v) is 9.53. The first-order chi connectivity index (χ1) is 16.5. The molecule has 0 radical (unpaired) electrons. The van der Waals surface area contributed by atoms with Crippen molar-refractivity contribution >= 4 is 39.7 Å². The lowest BCUT2D eigenvalue weighted by molar-refractivity contribution is -0.384. The smallest absolute Gasteiger partial charge is 0.269 e. The topological polar surface area (TPSA) is 102 Å². The Morgan fingerprint density at radius 2 is 1.59 bits per heavy atom. The number of non-ortho nitro benzene ring substituents is 1. The van der Waals surface area contributed by atoms with Crippen LogP contribution in [0.15, 0.2) is 71.9 Å². The first-order valence-electron chi connectivity index (χ1n) is 11.4. The second kappa shape index (κ2) is 6.72. The van der Waals surface area contributed by atoms with Crippen LogP contribution in [-0.2, 0) is 14.4 Å². The molecule has 34 heavy (non-hydrogen) atoms. The van der Waals surface area contributed by atoms with E-state index in [0.717, 1.165) is 28.5 Å². The number of nitro groups is 1. The molecule has 2 bridgehead atoms. The number of nitrogens with zero attached hydrogens (tertiary/aromatic N) is 3. The number of carbonyl (C=O) groups is 2. The first kappa shape index (κ1) is 19.4. The molecule has 3 aromatic carbocycles. The summed E-state index contributed by atoms with van der Waals surface area (Å²) >= 11 is 0. The summed E-state index contributed by atoms with van der Waals surface area (Å²) in [6, 6.07) is 19.8. The van der Waals surface area contributed by atoms with Gasteiger partial charge in [0.15, 0.2) is 0 Å². The number of carbonyl (C=O) groups excluding carboxylic acids is 2. The summed E-state index contributed by atoms with van der Waals surface area (Å²) in [6.45, 7) is 0. The lowest BCUT2D eigenvalue weighted by Crippen LogP contribution is -2.41. The monoisotopic (exact) mass is 453 g/mol. The van der Waals surface area contributed by atoms with Crippen LogP contribution in [0, 0.1) is 39.7 Å². The average molecular weight is 453 g/mol. The normalized spacial score (nSPS) is 30.9. The van der Waals surface area contributed by atoms with Crippen molar-refractivity contribution in [2.45, 2.75) is 12.5 Å². The second-order valence-electron chi connectivity index (χ2n) is 9.53. The number of anilines is 1. The summed E-state index contributed by atoms with van der Waals surface area (Å²) in [5.74, 6) is -1.29. The molecule has 3 aromatic rings. The third kappa shape index (κ3) is 2.45. The maximum absolute atomic E-state index is 13.6. The summed E-state index contributed by atoms with van der Waals surface area (Å²) in [7, 11) is 0. The van der Waals surface area contributed by atoms with Gasteiger partial charge in [-0.1, -0.05) is 35.5 Å². The van der Waals surface area contributed by atoms with Crippen LogP contribution in [0.5, 0.6) is 0 Å². The van der Waals surface area contributed by atoms with Crippen molar-refractivity contribution in [2.24, 2.45) is 34.7 Å². The zero-order valence-electron chi connectivity index (χ0n) is 17.9. The minimum absolute atomic E-state index is 0.00964. The lowest BCUT2D eigenvalue weighted by atomic mass is 9.71. The molecule has 2 heterocycles. The minimum Gasteiger partial charge on any atom is -0.391 e. The van der Waals surface area contributed by atoms with Crippen molar-refractivity contribution in [1.82, 2.24) is 0 Å². The van der Waals surface area contributed by atoms with E-state index in [1.165, 1.54) is 17.0 Å². The minimum atomic E-state index is -0.439. The zero-order chi connectivity index (χ0) is 23.1. The third-order valence-electron chi connectivity index (χ3n) is 8.06. The summed E-state index contributed by atoms with van der Waals surface area (Å²) in [6.07, 6.45) is 0.504. The number of nitro benzene ring substituents is 1. The standard InChI is InChI=1S/C26H19N3O5/c30-25-20-18-12-19(24-22(18)23(27-34-24)14-6-8-16(9-7-14)29(32)33)21(20)26(31)28(25)17-10-5-13-3-1-2-4-15(13)11-17/h1-11,18-22,24H,12H2/t18-,19-,20-,21-,22-,24+/m0/s1. The third-order valence-corrected chi connectivity index (χ3v) is 8.06. The van der Waals surface area contributed by atoms with E-state index < -0.39 is 16.8 Å². The molecule has 2 amide bonds. The molecule has 8 heteroatoms. The number of imide groups is 1. The highest BCUT2D eigenvalue weighted by Gasteiger charge is 2.70. The molecule has 4 aliphatic rings. The summed E-state index contributed by atoms with van der Waals surface area (Å²) in [4.78, 5) is 44.9. The molecular weight excluding hydrogens is 434 g/mol. The molecule has 0 unspecified atom stereocenters. The largest absolute Gasteiger partial charge is 0.391 e. The molecular formula is C26H19N3O5. The van der Waals surface area contributed by atoms with Crippen LogP contribution in [0.1, 0.15) is 12.0 Å². The van der Waals surface area contributed by atoms with E-state index in [2.05, 4.69) is 5.16 Å². The highest BCUT2D eigenvalue weighted by Crippen LogP contribution is 2.62. The molecule has 3 fully saturated rings. The van der Waals surface area contributed by atoms with Crippen molar-refractivity contribution in [3.05, 3.63) is 82.4 Å². The van der Waals surface area contributed by atoms with E-state index in [4.69, 9.17) is 4.84 Å². The summed E-state index contributed by atoms with van der Waals surface area (Å²) < 4.78 is 0. The molecule has 2 aliphatic carbocycles. The van der Waals surface area contributed by atoms with E-state index >= 15 is 0 Å². The van der Waals surface area contributed by atoms with E-state index in [9.17, 15) is 19.7 Å². The number of rotatable bonds is 3. The fraction of sp³-hybridized carbons (Fsp3) is 0.269. The van der Waals surface area contributed by atoms with Gasteiger partial charge in [-0.3, -0.25) is 24.6 Å². The SMILES string of the molecule is O=C1[C@H]2[C@@H]3C[C@H]([C@H]4C(c5ccc([N+](=O)[O-])cc5)=NO[C@H]34)[C@@H]2C(=O)N1c1ccc2ccccc2c1. The predicted octanol–water partition coefficient (Wildman–Crippen LogP) is 3.92. The van der Waals surface area contributed by atoms with Crippen molar-refractivity contribution < 1.29 is 19.3 Å². The van der Waals surface area contributed by atoms with Gasteiger partial charge in [0.05, 0.1) is 28.2 Å². The number of fused-ring (bicyclic) bond motifs is 9. The van der Waals surface area contributed by atoms with Crippen molar-refractivity contribution in [3.63, 3.8) is 0 Å². The molecule has 1 saturated heterocycles. The van der Waals surface area contributed by atoms with Crippen molar-refractivity contribution in [1.29, 1.82) is 0 Å². The Labute approximate surface area is 193 Å². The van der Waals surface area contributed by atoms with E-state index in [-0.39, 0.29) is 41.4 Å². The first-order valence-corrected chi connectivity index (χ1v) is 11.4. The van der Waals surface area contributed by atoms with Crippen LogP contribution >= 0.6 is 0 Å². The van der Waals surface area contributed by atoms with E-state index in [1.54, 1.807) is 12.1 Å². The summed E-state index contributed by atoms with van der Waals surface area (Å²) in [5, 5.41) is 17.3. The maximum atomic E-state index is 13.6. The number of amides is 2. The van der Waals surface area contributed by atoms with Crippen LogP contribution in [0.4, 0.5) is 11.4 Å². The van der Waals surface area contributed by atoms with Gasteiger partial charge in [-0.05, 0) is 47.4 Å². The molecule has 0 spiro atoms. The van der Waals surface area contributed by atoms with Crippen LogP contribution in [0.2, 0.25) is 0 Å². The Bertz CT molecular complexity index is 1430. The van der Waals surface area contributed by atoms with Gasteiger partial charge in [0.25, 0.3) is 5.69 Å². The van der Waals surface area contributed by atoms with Gasteiger partial charge in [0.2, 0.25) is 11.8 Å². The van der Waals surface area contributed by atoms with Gasteiger partial charge in [-0.2, -0.15) is 0 Å². The van der Waals surface area contributed by atoms with Crippen molar-refractivity contribution in [2.75, 3.05) is 4.90 Å².